The highest BCUT2D eigenvalue weighted by Crippen LogP contribution is 2.24. The van der Waals surface area contributed by atoms with Crippen molar-refractivity contribution in [3.8, 4) is 22.9 Å². The highest BCUT2D eigenvalue weighted by molar-refractivity contribution is 5.82. The molecule has 2 aromatic carbocycles. The number of nitrogens with zero attached hydrogens (tertiary/aromatic N) is 4. The van der Waals surface area contributed by atoms with Crippen LogP contribution in [0.4, 0.5) is 10.2 Å². The van der Waals surface area contributed by atoms with Gasteiger partial charge in [-0.15, -0.1) is 0 Å². The summed E-state index contributed by atoms with van der Waals surface area (Å²) in [6, 6.07) is 14.7. The van der Waals surface area contributed by atoms with Gasteiger partial charge in [0, 0.05) is 37.2 Å². The van der Waals surface area contributed by atoms with Gasteiger partial charge in [-0.3, -0.25) is 0 Å². The van der Waals surface area contributed by atoms with E-state index < -0.39 is 5.82 Å². The Morgan fingerprint density at radius 1 is 1.11 bits per heavy atom. The summed E-state index contributed by atoms with van der Waals surface area (Å²) in [5.74, 6) is 1.32. The van der Waals surface area contributed by atoms with Crippen LogP contribution in [0.2, 0.25) is 0 Å². The molecule has 0 aliphatic rings. The van der Waals surface area contributed by atoms with Crippen LogP contribution in [0.1, 0.15) is 19.8 Å². The molecule has 0 N–H and O–H groups in total. The quantitative estimate of drug-likeness (QED) is 0.310. The predicted molar refractivity (Wildman–Crippen MR) is 131 cm³/mol. The number of benzene rings is 2. The van der Waals surface area contributed by atoms with Crippen molar-refractivity contribution in [2.24, 2.45) is 0 Å². The molecule has 0 unspecified atom stereocenters. The summed E-state index contributed by atoms with van der Waals surface area (Å²) < 4.78 is 26.9. The van der Waals surface area contributed by atoms with E-state index in [1.165, 1.54) is 10.9 Å². The molecule has 8 nitrogen and oxygen atoms in total. The zero-order valence-electron chi connectivity index (χ0n) is 19.9. The molecule has 2 heterocycles. The summed E-state index contributed by atoms with van der Waals surface area (Å²) in [5.41, 5.74) is 1.56. The maximum absolute atomic E-state index is 14.4. The van der Waals surface area contributed by atoms with E-state index in [1.54, 1.807) is 32.2 Å². The van der Waals surface area contributed by atoms with E-state index in [2.05, 4.69) is 9.97 Å². The summed E-state index contributed by atoms with van der Waals surface area (Å²) in [5, 5.41) is 0.901. The molecule has 0 saturated heterocycles. The fraction of sp³-hybridized carbons (Fsp3) is 0.269. The van der Waals surface area contributed by atoms with Gasteiger partial charge < -0.3 is 19.2 Å². The fourth-order valence-corrected chi connectivity index (χ4v) is 3.54. The minimum Gasteiger partial charge on any atom is -0.497 e. The third-order valence-electron chi connectivity index (χ3n) is 5.46. The first-order valence-corrected chi connectivity index (χ1v) is 11.3. The number of hydrogen-bond acceptors (Lipinski definition) is 7. The number of carbonyl (C=O) groups is 1. The Bertz CT molecular complexity index is 1310. The lowest BCUT2D eigenvalue weighted by atomic mass is 10.2. The van der Waals surface area contributed by atoms with E-state index in [-0.39, 0.29) is 11.8 Å². The summed E-state index contributed by atoms with van der Waals surface area (Å²) in [6.45, 7) is 2.73. The van der Waals surface area contributed by atoms with Gasteiger partial charge in [0.1, 0.15) is 11.5 Å². The molecule has 0 spiro atoms. The van der Waals surface area contributed by atoms with Crippen molar-refractivity contribution in [3.63, 3.8) is 0 Å². The van der Waals surface area contributed by atoms with E-state index in [1.807, 2.05) is 48.5 Å². The van der Waals surface area contributed by atoms with Gasteiger partial charge in [0.2, 0.25) is 0 Å². The first-order chi connectivity index (χ1) is 17.0. The van der Waals surface area contributed by atoms with Crippen molar-refractivity contribution in [2.45, 2.75) is 19.8 Å². The van der Waals surface area contributed by atoms with E-state index in [4.69, 9.17) is 14.3 Å². The lowest BCUT2D eigenvalue weighted by Crippen LogP contribution is -2.23. The Morgan fingerprint density at radius 3 is 2.63 bits per heavy atom. The van der Waals surface area contributed by atoms with E-state index in [0.717, 1.165) is 22.2 Å². The number of ether oxygens (including phenoxy) is 2. The minimum atomic E-state index is -0.482. The van der Waals surface area contributed by atoms with Crippen LogP contribution in [0.15, 0.2) is 60.9 Å². The second-order valence-corrected chi connectivity index (χ2v) is 7.90. The van der Waals surface area contributed by atoms with Gasteiger partial charge in [0.15, 0.2) is 17.5 Å². The zero-order chi connectivity index (χ0) is 24.8. The lowest BCUT2D eigenvalue weighted by molar-refractivity contribution is -0.143. The monoisotopic (exact) mass is 478 g/mol. The van der Waals surface area contributed by atoms with Crippen molar-refractivity contribution in [2.75, 3.05) is 32.2 Å². The molecule has 0 aliphatic heterocycles. The number of carbonyl (C=O) groups excluding carboxylic acids is 1. The van der Waals surface area contributed by atoms with E-state index in [9.17, 15) is 9.18 Å². The van der Waals surface area contributed by atoms with Crippen LogP contribution in [-0.4, -0.2) is 48.0 Å². The molecule has 35 heavy (non-hydrogen) atoms. The molecule has 4 aromatic rings. The van der Waals surface area contributed by atoms with Gasteiger partial charge in [-0.25, -0.2) is 19.2 Å². The molecule has 0 saturated carbocycles. The largest absolute Gasteiger partial charge is 0.497 e. The number of methoxy groups -OCH3 is 1. The standard InChI is InChI=1S/C26H27FN4O4/c1-4-24(32)35-31-14-12-19-16-21(10-11-23(19)31)34-15-5-13-30(2)26-22(27)17-28-25(29-26)18-6-8-20(33-3)9-7-18/h6-12,14,16-17H,4-5,13,15H2,1-3H3. The Hall–Kier alpha value is -4.14. The topological polar surface area (TPSA) is 78.7 Å². The van der Waals surface area contributed by atoms with Crippen molar-refractivity contribution < 1.29 is 23.5 Å². The van der Waals surface area contributed by atoms with Crippen LogP contribution in [0.3, 0.4) is 0 Å². The van der Waals surface area contributed by atoms with Crippen LogP contribution in [0.25, 0.3) is 22.3 Å². The molecule has 0 aliphatic carbocycles. The molecule has 0 fully saturated rings. The first-order valence-electron chi connectivity index (χ1n) is 11.3. The van der Waals surface area contributed by atoms with Crippen molar-refractivity contribution >= 4 is 22.7 Å². The van der Waals surface area contributed by atoms with Gasteiger partial charge >= 0.3 is 5.97 Å². The summed E-state index contributed by atoms with van der Waals surface area (Å²) in [6.07, 6.45) is 3.85. The van der Waals surface area contributed by atoms with Crippen LogP contribution in [0, 0.1) is 5.82 Å². The summed E-state index contributed by atoms with van der Waals surface area (Å²) in [4.78, 5) is 27.1. The van der Waals surface area contributed by atoms with Crippen molar-refractivity contribution in [1.82, 2.24) is 14.7 Å². The number of anilines is 1. The van der Waals surface area contributed by atoms with Crippen molar-refractivity contribution in [3.05, 3.63) is 66.7 Å². The highest BCUT2D eigenvalue weighted by atomic mass is 19.1. The second kappa shape index (κ2) is 10.9. The number of rotatable bonds is 10. The number of fused-ring (bicyclic) bond motifs is 1. The molecule has 0 amide bonds. The fourth-order valence-electron chi connectivity index (χ4n) is 3.54. The average Bonchev–Trinajstić information content (AvgIpc) is 3.28. The number of hydrogen-bond donors (Lipinski definition) is 0. The third-order valence-corrected chi connectivity index (χ3v) is 5.46. The molecular weight excluding hydrogens is 451 g/mol. The molecule has 0 bridgehead atoms. The van der Waals surface area contributed by atoms with E-state index in [0.29, 0.717) is 37.6 Å². The Kier molecular flexibility index (Phi) is 7.45. The summed E-state index contributed by atoms with van der Waals surface area (Å²) in [7, 11) is 3.39. The molecule has 0 radical (unpaired) electrons. The maximum Gasteiger partial charge on any atom is 0.332 e. The van der Waals surface area contributed by atoms with Gasteiger partial charge in [0.25, 0.3) is 0 Å². The number of halogens is 1. The van der Waals surface area contributed by atoms with Gasteiger partial charge in [-0.05, 0) is 55.0 Å². The van der Waals surface area contributed by atoms with Crippen LogP contribution >= 0.6 is 0 Å². The molecule has 2 aromatic heterocycles. The smallest absolute Gasteiger partial charge is 0.332 e. The highest BCUT2D eigenvalue weighted by Gasteiger charge is 2.13. The normalized spacial score (nSPS) is 10.9. The lowest BCUT2D eigenvalue weighted by Gasteiger charge is -2.19. The van der Waals surface area contributed by atoms with Gasteiger partial charge in [0.05, 0.1) is 25.4 Å². The molecular formula is C26H27FN4O4. The summed E-state index contributed by atoms with van der Waals surface area (Å²) >= 11 is 0. The zero-order valence-corrected chi connectivity index (χ0v) is 19.9. The molecule has 4 rings (SSSR count). The Labute approximate surface area is 202 Å². The Balaban J connectivity index is 1.34. The molecule has 0 atom stereocenters. The second-order valence-electron chi connectivity index (χ2n) is 7.90. The average molecular weight is 479 g/mol. The molecule has 182 valence electrons. The first kappa shape index (κ1) is 24.0. The SMILES string of the molecule is CCC(=O)On1ccc2cc(OCCCN(C)c3nc(-c4ccc(OC)cc4)ncc3F)ccc21. The molecule has 9 heteroatoms. The van der Waals surface area contributed by atoms with Crippen molar-refractivity contribution in [1.29, 1.82) is 0 Å². The van der Waals surface area contributed by atoms with Gasteiger partial charge in [-0.2, -0.15) is 4.73 Å². The predicted octanol–water partition coefficient (Wildman–Crippen LogP) is 4.52. The van der Waals surface area contributed by atoms with Crippen LogP contribution in [0.5, 0.6) is 11.5 Å². The Morgan fingerprint density at radius 2 is 1.89 bits per heavy atom. The van der Waals surface area contributed by atoms with E-state index >= 15 is 0 Å². The van der Waals surface area contributed by atoms with Crippen LogP contribution in [-0.2, 0) is 4.79 Å². The maximum atomic E-state index is 14.4. The van der Waals surface area contributed by atoms with Gasteiger partial charge in [-0.1, -0.05) is 6.92 Å². The van der Waals surface area contributed by atoms with Crippen LogP contribution < -0.4 is 19.2 Å². The third kappa shape index (κ3) is 5.68. The number of aromatic nitrogens is 3. The minimum absolute atomic E-state index is 0.232.